The van der Waals surface area contributed by atoms with E-state index in [1.54, 1.807) is 13.8 Å². The van der Waals surface area contributed by atoms with E-state index in [4.69, 9.17) is 0 Å². The van der Waals surface area contributed by atoms with Crippen molar-refractivity contribution in [1.29, 1.82) is 0 Å². The lowest BCUT2D eigenvalue weighted by Crippen LogP contribution is -2.29. The van der Waals surface area contributed by atoms with E-state index in [0.29, 0.717) is 12.0 Å². The zero-order valence-corrected chi connectivity index (χ0v) is 10.5. The molecule has 0 saturated carbocycles. The van der Waals surface area contributed by atoms with Crippen LogP contribution in [0.2, 0.25) is 0 Å². The van der Waals surface area contributed by atoms with Gasteiger partial charge in [0, 0.05) is 6.04 Å². The summed E-state index contributed by atoms with van der Waals surface area (Å²) in [4.78, 5) is 0. The van der Waals surface area contributed by atoms with E-state index in [1.807, 2.05) is 0 Å². The Labute approximate surface area is 99.9 Å². The Bertz CT molecular complexity index is 488. The molecule has 0 aliphatic heterocycles. The van der Waals surface area contributed by atoms with Crippen LogP contribution in [0.1, 0.15) is 31.9 Å². The molecule has 0 bridgehead atoms. The van der Waals surface area contributed by atoms with Crippen LogP contribution >= 0.6 is 0 Å². The first-order valence-corrected chi connectivity index (χ1v) is 6.96. The highest BCUT2D eigenvalue weighted by atomic mass is 32.2. The van der Waals surface area contributed by atoms with E-state index in [9.17, 15) is 17.2 Å². The second kappa shape index (κ2) is 5.55. The molecule has 1 aromatic carbocycles. The lowest BCUT2D eigenvalue weighted by Gasteiger charge is -2.14. The summed E-state index contributed by atoms with van der Waals surface area (Å²) in [5.74, 6) is -1.91. The van der Waals surface area contributed by atoms with Crippen molar-refractivity contribution >= 4 is 10.0 Å². The van der Waals surface area contributed by atoms with Crippen LogP contribution in [-0.4, -0.2) is 14.2 Å². The minimum absolute atomic E-state index is 0.0149. The van der Waals surface area contributed by atoms with Gasteiger partial charge in [0.15, 0.2) is 11.6 Å². The van der Waals surface area contributed by atoms with Gasteiger partial charge in [0.05, 0.1) is 5.75 Å². The maximum Gasteiger partial charge on any atom is 0.212 e. The summed E-state index contributed by atoms with van der Waals surface area (Å²) in [5, 5.41) is 0. The van der Waals surface area contributed by atoms with Gasteiger partial charge in [-0.1, -0.05) is 13.0 Å². The number of hydrogen-bond acceptors (Lipinski definition) is 2. The Kier molecular flexibility index (Phi) is 4.59. The number of halogens is 2. The second-order valence-electron chi connectivity index (χ2n) is 3.83. The molecule has 1 atom stereocenters. The largest absolute Gasteiger partial charge is 0.212 e. The standard InChI is InChI=1S/C11H15F2NO2S/c1-3-6-17(15,16)14-8(2)9-4-5-10(12)11(13)7-9/h4-5,7-8,14H,3,6H2,1-2H3. The van der Waals surface area contributed by atoms with E-state index in [1.165, 1.54) is 6.07 Å². The van der Waals surface area contributed by atoms with Crippen LogP contribution in [0.5, 0.6) is 0 Å². The molecule has 0 aliphatic carbocycles. The highest BCUT2D eigenvalue weighted by Crippen LogP contribution is 2.16. The number of benzene rings is 1. The van der Waals surface area contributed by atoms with Gasteiger partial charge in [-0.3, -0.25) is 0 Å². The zero-order chi connectivity index (χ0) is 13.1. The predicted octanol–water partition coefficient (Wildman–Crippen LogP) is 2.36. The molecule has 6 heteroatoms. The van der Waals surface area contributed by atoms with Crippen LogP contribution < -0.4 is 4.72 Å². The normalized spacial score (nSPS) is 13.6. The van der Waals surface area contributed by atoms with Gasteiger partial charge in [-0.25, -0.2) is 21.9 Å². The Hall–Kier alpha value is -1.01. The number of rotatable bonds is 5. The summed E-state index contributed by atoms with van der Waals surface area (Å²) in [6, 6.07) is 2.75. The first-order chi connectivity index (χ1) is 7.85. The van der Waals surface area contributed by atoms with Crippen LogP contribution in [0.15, 0.2) is 18.2 Å². The molecule has 1 rings (SSSR count). The molecule has 0 fully saturated rings. The van der Waals surface area contributed by atoms with Gasteiger partial charge in [-0.15, -0.1) is 0 Å². The summed E-state index contributed by atoms with van der Waals surface area (Å²) >= 11 is 0. The van der Waals surface area contributed by atoms with Gasteiger partial charge >= 0.3 is 0 Å². The molecule has 0 aromatic heterocycles. The smallest absolute Gasteiger partial charge is 0.212 e. The van der Waals surface area contributed by atoms with E-state index < -0.39 is 27.7 Å². The molecular weight excluding hydrogens is 248 g/mol. The van der Waals surface area contributed by atoms with E-state index in [-0.39, 0.29) is 5.75 Å². The molecule has 0 saturated heterocycles. The van der Waals surface area contributed by atoms with Gasteiger partial charge in [-0.2, -0.15) is 0 Å². The first-order valence-electron chi connectivity index (χ1n) is 5.30. The van der Waals surface area contributed by atoms with Gasteiger partial charge in [-0.05, 0) is 31.0 Å². The van der Waals surface area contributed by atoms with Crippen LogP contribution in [0.4, 0.5) is 8.78 Å². The molecule has 0 heterocycles. The van der Waals surface area contributed by atoms with Crippen molar-refractivity contribution in [3.05, 3.63) is 35.4 Å². The minimum atomic E-state index is -3.37. The monoisotopic (exact) mass is 263 g/mol. The summed E-state index contributed by atoms with van der Waals surface area (Å²) < 4.78 is 51.1. The molecule has 1 unspecified atom stereocenters. The maximum absolute atomic E-state index is 13.0. The maximum atomic E-state index is 13.0. The summed E-state index contributed by atoms with van der Waals surface area (Å²) in [6.07, 6.45) is 0.500. The third-order valence-corrected chi connectivity index (χ3v) is 3.93. The van der Waals surface area contributed by atoms with Crippen molar-refractivity contribution in [2.75, 3.05) is 5.75 Å². The Balaban J connectivity index is 2.83. The van der Waals surface area contributed by atoms with Gasteiger partial charge in [0.1, 0.15) is 0 Å². The molecule has 0 radical (unpaired) electrons. The molecule has 1 N–H and O–H groups in total. The van der Waals surface area contributed by atoms with Gasteiger partial charge in [0.2, 0.25) is 10.0 Å². The fourth-order valence-electron chi connectivity index (χ4n) is 1.45. The summed E-state index contributed by atoms with van der Waals surface area (Å²) in [5.41, 5.74) is 0.392. The van der Waals surface area contributed by atoms with Crippen molar-refractivity contribution < 1.29 is 17.2 Å². The molecule has 3 nitrogen and oxygen atoms in total. The van der Waals surface area contributed by atoms with Crippen molar-refractivity contribution in [3.8, 4) is 0 Å². The SMILES string of the molecule is CCCS(=O)(=O)NC(C)c1ccc(F)c(F)c1. The van der Waals surface area contributed by atoms with Crippen LogP contribution in [0, 0.1) is 11.6 Å². The number of nitrogens with one attached hydrogen (secondary N) is 1. The summed E-state index contributed by atoms with van der Waals surface area (Å²) in [6.45, 7) is 3.33. The zero-order valence-electron chi connectivity index (χ0n) is 9.70. The van der Waals surface area contributed by atoms with Gasteiger partial charge < -0.3 is 0 Å². The van der Waals surface area contributed by atoms with E-state index in [0.717, 1.165) is 12.1 Å². The Morgan fingerprint density at radius 3 is 2.47 bits per heavy atom. The van der Waals surface area contributed by atoms with Crippen molar-refractivity contribution in [2.45, 2.75) is 26.3 Å². The Morgan fingerprint density at radius 1 is 1.29 bits per heavy atom. The van der Waals surface area contributed by atoms with Crippen LogP contribution in [-0.2, 0) is 10.0 Å². The minimum Gasteiger partial charge on any atom is -0.212 e. The highest BCUT2D eigenvalue weighted by molar-refractivity contribution is 7.89. The third kappa shape index (κ3) is 4.05. The lowest BCUT2D eigenvalue weighted by molar-refractivity contribution is 0.504. The fourth-order valence-corrected chi connectivity index (χ4v) is 2.78. The molecular formula is C11H15F2NO2S. The van der Waals surface area contributed by atoms with E-state index >= 15 is 0 Å². The third-order valence-electron chi connectivity index (χ3n) is 2.27. The Morgan fingerprint density at radius 2 is 1.94 bits per heavy atom. The van der Waals surface area contributed by atoms with Gasteiger partial charge in [0.25, 0.3) is 0 Å². The van der Waals surface area contributed by atoms with Crippen molar-refractivity contribution in [3.63, 3.8) is 0 Å². The average molecular weight is 263 g/mol. The first kappa shape index (κ1) is 14.1. The van der Waals surface area contributed by atoms with Crippen LogP contribution in [0.3, 0.4) is 0 Å². The molecule has 0 aliphatic rings. The highest BCUT2D eigenvalue weighted by Gasteiger charge is 2.15. The fraction of sp³-hybridized carbons (Fsp3) is 0.455. The predicted molar refractivity (Wildman–Crippen MR) is 62.0 cm³/mol. The molecule has 1 aromatic rings. The number of sulfonamides is 1. The molecule has 96 valence electrons. The van der Waals surface area contributed by atoms with Crippen molar-refractivity contribution in [2.24, 2.45) is 0 Å². The average Bonchev–Trinajstić information content (AvgIpc) is 2.21. The van der Waals surface area contributed by atoms with Crippen molar-refractivity contribution in [1.82, 2.24) is 4.72 Å². The van der Waals surface area contributed by atoms with E-state index in [2.05, 4.69) is 4.72 Å². The van der Waals surface area contributed by atoms with Crippen LogP contribution in [0.25, 0.3) is 0 Å². The lowest BCUT2D eigenvalue weighted by atomic mass is 10.1. The molecule has 0 spiro atoms. The quantitative estimate of drug-likeness (QED) is 0.886. The topological polar surface area (TPSA) is 46.2 Å². The molecule has 17 heavy (non-hydrogen) atoms. The number of hydrogen-bond donors (Lipinski definition) is 1. The second-order valence-corrected chi connectivity index (χ2v) is 5.71. The molecule has 0 amide bonds. The summed E-state index contributed by atoms with van der Waals surface area (Å²) in [7, 11) is -3.37.